The molecule has 0 aromatic heterocycles. The van der Waals surface area contributed by atoms with E-state index in [1.807, 2.05) is 0 Å². The summed E-state index contributed by atoms with van der Waals surface area (Å²) in [6.45, 7) is 3.06. The molecule has 0 saturated heterocycles. The van der Waals surface area contributed by atoms with Crippen LogP contribution in [0.15, 0.2) is 0 Å². The molecule has 0 atom stereocenters. The lowest BCUT2D eigenvalue weighted by Crippen LogP contribution is -2.22. The normalized spacial score (nSPS) is 12.0. The van der Waals surface area contributed by atoms with Crippen LogP contribution in [0.5, 0.6) is 0 Å². The fourth-order valence-corrected chi connectivity index (χ4v) is 0.353. The second kappa shape index (κ2) is 3.77. The van der Waals surface area contributed by atoms with E-state index in [9.17, 15) is 8.78 Å². The van der Waals surface area contributed by atoms with Crippen molar-refractivity contribution in [3.05, 3.63) is 0 Å². The summed E-state index contributed by atoms with van der Waals surface area (Å²) >= 11 is 0. The molecule has 0 saturated carbocycles. The molecule has 0 aliphatic carbocycles. The maximum absolute atomic E-state index is 12.2. The van der Waals surface area contributed by atoms with Crippen molar-refractivity contribution in [3.8, 4) is 0 Å². The Morgan fingerprint density at radius 3 is 2.22 bits per heavy atom. The maximum Gasteiger partial charge on any atom is 0.270 e. The summed E-state index contributed by atoms with van der Waals surface area (Å²) < 4.78 is 29.0. The zero-order valence-electron chi connectivity index (χ0n) is 5.79. The number of hydrogen-bond donors (Lipinski definition) is 0. The molecule has 0 amide bonds. The van der Waals surface area contributed by atoms with Gasteiger partial charge < -0.3 is 4.74 Å². The number of ether oxygens (including phenoxy) is 1. The first-order valence-corrected chi connectivity index (χ1v) is 3.08. The molecule has 0 aliphatic rings. The first-order valence-electron chi connectivity index (χ1n) is 3.08. The van der Waals surface area contributed by atoms with Crippen molar-refractivity contribution in [3.63, 3.8) is 0 Å². The Bertz CT molecular complexity index is 73.5. The summed E-state index contributed by atoms with van der Waals surface area (Å²) in [4.78, 5) is 0. The van der Waals surface area contributed by atoms with Crippen molar-refractivity contribution >= 4 is 0 Å². The van der Waals surface area contributed by atoms with Gasteiger partial charge in [0.2, 0.25) is 0 Å². The molecule has 0 rings (SSSR count). The standard InChI is InChI=1S/C6H12F2O/c1-3-6(7,8)5-9-4-2/h3-5H2,1-2H3. The Hall–Kier alpha value is -0.180. The van der Waals surface area contributed by atoms with E-state index < -0.39 is 12.5 Å². The monoisotopic (exact) mass is 138 g/mol. The van der Waals surface area contributed by atoms with E-state index in [4.69, 9.17) is 0 Å². The Morgan fingerprint density at radius 2 is 1.89 bits per heavy atom. The second-order valence-electron chi connectivity index (χ2n) is 1.85. The van der Waals surface area contributed by atoms with Gasteiger partial charge in [0.25, 0.3) is 5.92 Å². The van der Waals surface area contributed by atoms with Crippen molar-refractivity contribution < 1.29 is 13.5 Å². The van der Waals surface area contributed by atoms with Gasteiger partial charge in [0.15, 0.2) is 0 Å². The summed E-state index contributed by atoms with van der Waals surface area (Å²) in [7, 11) is 0. The summed E-state index contributed by atoms with van der Waals surface area (Å²) in [5, 5.41) is 0. The van der Waals surface area contributed by atoms with Gasteiger partial charge >= 0.3 is 0 Å². The highest BCUT2D eigenvalue weighted by molar-refractivity contribution is 4.60. The molecule has 0 N–H and O–H groups in total. The number of alkyl halides is 2. The molecule has 0 fully saturated rings. The average molecular weight is 138 g/mol. The lowest BCUT2D eigenvalue weighted by molar-refractivity contribution is -0.0764. The van der Waals surface area contributed by atoms with Crippen LogP contribution in [0.4, 0.5) is 8.78 Å². The first kappa shape index (κ1) is 8.82. The second-order valence-corrected chi connectivity index (χ2v) is 1.85. The minimum atomic E-state index is -2.63. The minimum absolute atomic E-state index is 0.146. The molecule has 1 nitrogen and oxygen atoms in total. The van der Waals surface area contributed by atoms with Crippen LogP contribution in [0, 0.1) is 0 Å². The average Bonchev–Trinajstić information content (AvgIpc) is 1.84. The topological polar surface area (TPSA) is 9.23 Å². The molecular formula is C6H12F2O. The Kier molecular flexibility index (Phi) is 3.70. The van der Waals surface area contributed by atoms with Gasteiger partial charge in [-0.1, -0.05) is 6.92 Å². The van der Waals surface area contributed by atoms with Crippen molar-refractivity contribution in [1.29, 1.82) is 0 Å². The van der Waals surface area contributed by atoms with Crippen molar-refractivity contribution in [2.24, 2.45) is 0 Å². The Balaban J connectivity index is 3.33. The van der Waals surface area contributed by atoms with Crippen LogP contribution >= 0.6 is 0 Å². The van der Waals surface area contributed by atoms with E-state index in [1.165, 1.54) is 6.92 Å². The van der Waals surface area contributed by atoms with Crippen LogP contribution in [-0.2, 0) is 4.74 Å². The third kappa shape index (κ3) is 4.33. The largest absolute Gasteiger partial charge is 0.375 e. The predicted octanol–water partition coefficient (Wildman–Crippen LogP) is 2.07. The smallest absolute Gasteiger partial charge is 0.270 e. The first-order chi connectivity index (χ1) is 4.12. The zero-order chi connectivity index (χ0) is 7.33. The lowest BCUT2D eigenvalue weighted by Gasteiger charge is -2.12. The minimum Gasteiger partial charge on any atom is -0.375 e. The highest BCUT2D eigenvalue weighted by atomic mass is 19.3. The van der Waals surface area contributed by atoms with Gasteiger partial charge in [0, 0.05) is 13.0 Å². The lowest BCUT2D eigenvalue weighted by atomic mass is 10.3. The fraction of sp³-hybridized carbons (Fsp3) is 1.00. The maximum atomic E-state index is 12.2. The molecule has 0 heterocycles. The SMILES string of the molecule is CCOCC(F)(F)CC. The highest BCUT2D eigenvalue weighted by Crippen LogP contribution is 2.17. The number of hydrogen-bond acceptors (Lipinski definition) is 1. The quantitative estimate of drug-likeness (QED) is 0.577. The molecule has 0 aliphatic heterocycles. The van der Waals surface area contributed by atoms with Crippen molar-refractivity contribution in [2.75, 3.05) is 13.2 Å². The molecule has 0 aromatic carbocycles. The summed E-state index contributed by atoms with van der Waals surface area (Å²) in [5.41, 5.74) is 0. The van der Waals surface area contributed by atoms with Crippen LogP contribution in [0.25, 0.3) is 0 Å². The molecule has 0 bridgehead atoms. The summed E-state index contributed by atoms with van der Waals surface area (Å²) in [6, 6.07) is 0. The molecule has 0 spiro atoms. The van der Waals surface area contributed by atoms with Crippen LogP contribution in [-0.4, -0.2) is 19.1 Å². The van der Waals surface area contributed by atoms with E-state index in [0.717, 1.165) is 0 Å². The number of rotatable bonds is 4. The third-order valence-electron chi connectivity index (χ3n) is 1.03. The van der Waals surface area contributed by atoms with Gasteiger partial charge in [-0.25, -0.2) is 8.78 Å². The molecule has 56 valence electrons. The van der Waals surface area contributed by atoms with Crippen LogP contribution < -0.4 is 0 Å². The van der Waals surface area contributed by atoms with E-state index >= 15 is 0 Å². The van der Waals surface area contributed by atoms with E-state index in [0.29, 0.717) is 6.61 Å². The number of halogens is 2. The van der Waals surface area contributed by atoms with Gasteiger partial charge in [-0.3, -0.25) is 0 Å². The predicted molar refractivity (Wildman–Crippen MR) is 31.7 cm³/mol. The van der Waals surface area contributed by atoms with E-state index in [-0.39, 0.29) is 6.42 Å². The van der Waals surface area contributed by atoms with Crippen LogP contribution in [0.1, 0.15) is 20.3 Å². The zero-order valence-corrected chi connectivity index (χ0v) is 5.79. The van der Waals surface area contributed by atoms with E-state index in [2.05, 4.69) is 4.74 Å². The van der Waals surface area contributed by atoms with Gasteiger partial charge in [0.05, 0.1) is 0 Å². The van der Waals surface area contributed by atoms with Crippen molar-refractivity contribution in [1.82, 2.24) is 0 Å². The molecule has 0 aromatic rings. The van der Waals surface area contributed by atoms with Gasteiger partial charge in [-0.05, 0) is 6.92 Å². The van der Waals surface area contributed by atoms with Crippen molar-refractivity contribution in [2.45, 2.75) is 26.2 Å². The van der Waals surface area contributed by atoms with Gasteiger partial charge in [0.1, 0.15) is 6.61 Å². The highest BCUT2D eigenvalue weighted by Gasteiger charge is 2.25. The summed E-state index contributed by atoms with van der Waals surface area (Å²) in [6.07, 6.45) is -0.146. The molecule has 9 heavy (non-hydrogen) atoms. The van der Waals surface area contributed by atoms with Crippen LogP contribution in [0.3, 0.4) is 0 Å². The third-order valence-corrected chi connectivity index (χ3v) is 1.03. The molecule has 0 radical (unpaired) electrons. The molecule has 0 unspecified atom stereocenters. The Morgan fingerprint density at radius 1 is 1.33 bits per heavy atom. The van der Waals surface area contributed by atoms with Gasteiger partial charge in [-0.15, -0.1) is 0 Å². The molecular weight excluding hydrogens is 126 g/mol. The Labute approximate surface area is 54.0 Å². The summed E-state index contributed by atoms with van der Waals surface area (Å²) in [5.74, 6) is -2.63. The van der Waals surface area contributed by atoms with E-state index in [1.54, 1.807) is 6.92 Å². The molecule has 3 heteroatoms. The fourth-order valence-electron chi connectivity index (χ4n) is 0.353. The van der Waals surface area contributed by atoms with Crippen LogP contribution in [0.2, 0.25) is 0 Å². The van der Waals surface area contributed by atoms with Gasteiger partial charge in [-0.2, -0.15) is 0 Å².